The van der Waals surface area contributed by atoms with E-state index in [1.54, 1.807) is 0 Å². The van der Waals surface area contributed by atoms with Gasteiger partial charge in [0.05, 0.1) is 25.2 Å². The maximum absolute atomic E-state index is 14.2. The first kappa shape index (κ1) is 22.9. The van der Waals surface area contributed by atoms with Gasteiger partial charge in [0, 0.05) is 6.42 Å². The number of pyridine rings is 1. The van der Waals surface area contributed by atoms with Gasteiger partial charge in [-0.3, -0.25) is 19.6 Å². The van der Waals surface area contributed by atoms with E-state index in [4.69, 9.17) is 0 Å². The Kier molecular flexibility index (Phi) is 7.37. The topological polar surface area (TPSA) is 115 Å². The average Bonchev–Trinajstić information content (AvgIpc) is 3.38. The summed E-state index contributed by atoms with van der Waals surface area (Å²) in [6.45, 7) is -0.556. The van der Waals surface area contributed by atoms with E-state index < -0.39 is 35.8 Å². The fraction of sp³-hybridized carbons (Fsp3) is 0.600. The Hall–Kier alpha value is -2.82. The van der Waals surface area contributed by atoms with Gasteiger partial charge in [0.1, 0.15) is 18.0 Å². The van der Waals surface area contributed by atoms with Crippen LogP contribution in [0.25, 0.3) is 0 Å². The summed E-state index contributed by atoms with van der Waals surface area (Å²) in [6, 6.07) is 0.890. The maximum atomic E-state index is 14.2. The summed E-state index contributed by atoms with van der Waals surface area (Å²) in [6.07, 6.45) is 3.58. The number of aromatic nitrogens is 1. The lowest BCUT2D eigenvalue weighted by Crippen LogP contribution is -2.46. The zero-order valence-electron chi connectivity index (χ0n) is 16.9. The highest BCUT2D eigenvalue weighted by molar-refractivity contribution is 5.90. The van der Waals surface area contributed by atoms with Gasteiger partial charge in [0.2, 0.25) is 12.3 Å². The molecule has 1 aliphatic carbocycles. The Morgan fingerprint density at radius 1 is 1.32 bits per heavy atom. The van der Waals surface area contributed by atoms with Crippen LogP contribution in [0.15, 0.2) is 23.3 Å². The van der Waals surface area contributed by atoms with Crippen molar-refractivity contribution >= 4 is 18.2 Å². The van der Waals surface area contributed by atoms with Gasteiger partial charge in [-0.25, -0.2) is 13.8 Å². The van der Waals surface area contributed by atoms with E-state index in [1.165, 1.54) is 0 Å². The van der Waals surface area contributed by atoms with Gasteiger partial charge >= 0.3 is 0 Å². The molecule has 3 amide bonds. The van der Waals surface area contributed by atoms with Crippen molar-refractivity contribution in [2.24, 2.45) is 16.8 Å². The summed E-state index contributed by atoms with van der Waals surface area (Å²) in [5.74, 6) is -2.65. The van der Waals surface area contributed by atoms with Crippen LogP contribution in [0.2, 0.25) is 0 Å². The van der Waals surface area contributed by atoms with Crippen LogP contribution in [-0.4, -0.2) is 68.6 Å². The number of hydrogen-bond donors (Lipinski definition) is 2. The van der Waals surface area contributed by atoms with E-state index in [9.17, 15) is 33.6 Å². The largest absolute Gasteiger partial charge is 0.427 e. The van der Waals surface area contributed by atoms with Crippen molar-refractivity contribution in [3.05, 3.63) is 29.6 Å². The first-order valence-corrected chi connectivity index (χ1v) is 10.3. The van der Waals surface area contributed by atoms with Crippen molar-refractivity contribution in [3.8, 4) is 0 Å². The van der Waals surface area contributed by atoms with Crippen molar-refractivity contribution in [2.45, 2.75) is 50.7 Å². The maximum Gasteiger partial charge on any atom is 0.270 e. The minimum Gasteiger partial charge on any atom is -0.427 e. The molecule has 1 aliphatic heterocycles. The molecule has 1 saturated carbocycles. The van der Waals surface area contributed by atoms with E-state index >= 15 is 0 Å². The molecule has 2 fully saturated rings. The normalized spacial score (nSPS) is 23.2. The third kappa shape index (κ3) is 5.66. The van der Waals surface area contributed by atoms with Gasteiger partial charge in [-0.2, -0.15) is 9.72 Å². The van der Waals surface area contributed by atoms with Crippen LogP contribution >= 0.6 is 0 Å². The molecule has 2 heterocycles. The van der Waals surface area contributed by atoms with Crippen LogP contribution in [0.5, 0.6) is 0 Å². The van der Waals surface area contributed by atoms with Crippen LogP contribution in [0.4, 0.5) is 8.78 Å². The molecule has 1 saturated heterocycles. The lowest BCUT2D eigenvalue weighted by Gasteiger charge is -2.29. The van der Waals surface area contributed by atoms with Crippen LogP contribution in [-0.2, 0) is 14.4 Å². The number of hydroxylamine groups is 2. The summed E-state index contributed by atoms with van der Waals surface area (Å²) >= 11 is 0. The minimum atomic E-state index is -1.44. The Morgan fingerprint density at radius 2 is 2.03 bits per heavy atom. The molecular formula is C20H26F2N4O5. The SMILES string of the molecule is O=CN(O)CC(CC1CCCC1)C(=O)N1CC(F)CC1C(=O)N=c1ccc(F)cn1O. The molecule has 2 N–H and O–H groups in total. The lowest BCUT2D eigenvalue weighted by molar-refractivity contribution is -0.158. The number of halogens is 2. The first-order chi connectivity index (χ1) is 14.8. The molecule has 170 valence electrons. The van der Waals surface area contributed by atoms with Gasteiger partial charge in [0.25, 0.3) is 5.91 Å². The van der Waals surface area contributed by atoms with Crippen molar-refractivity contribution in [1.82, 2.24) is 14.7 Å². The quantitative estimate of drug-likeness (QED) is 0.287. The molecule has 1 aromatic rings. The van der Waals surface area contributed by atoms with Gasteiger partial charge in [-0.05, 0) is 24.5 Å². The number of hydrogen-bond acceptors (Lipinski definition) is 5. The molecule has 9 nitrogen and oxygen atoms in total. The predicted molar refractivity (Wildman–Crippen MR) is 102 cm³/mol. The molecule has 0 spiro atoms. The Balaban J connectivity index is 1.81. The van der Waals surface area contributed by atoms with Crippen molar-refractivity contribution in [2.75, 3.05) is 13.1 Å². The Labute approximate surface area is 177 Å². The highest BCUT2D eigenvalue weighted by Crippen LogP contribution is 2.32. The van der Waals surface area contributed by atoms with E-state index in [0.29, 0.717) is 22.4 Å². The molecule has 3 rings (SSSR count). The number of rotatable bonds is 7. The number of alkyl halides is 1. The van der Waals surface area contributed by atoms with Crippen LogP contribution < -0.4 is 5.49 Å². The number of amides is 3. The number of carbonyl (C=O) groups is 3. The summed E-state index contributed by atoms with van der Waals surface area (Å²) < 4.78 is 27.7. The molecule has 11 heteroatoms. The summed E-state index contributed by atoms with van der Waals surface area (Å²) in [7, 11) is 0. The molecule has 0 bridgehead atoms. The summed E-state index contributed by atoms with van der Waals surface area (Å²) in [5, 5.41) is 19.7. The lowest BCUT2D eigenvalue weighted by atomic mass is 9.91. The fourth-order valence-electron chi connectivity index (χ4n) is 4.40. The molecule has 0 radical (unpaired) electrons. The van der Waals surface area contributed by atoms with Crippen LogP contribution in [0, 0.1) is 17.7 Å². The van der Waals surface area contributed by atoms with E-state index in [-0.39, 0.29) is 37.3 Å². The van der Waals surface area contributed by atoms with Crippen molar-refractivity contribution in [3.63, 3.8) is 0 Å². The minimum absolute atomic E-state index is 0.198. The highest BCUT2D eigenvalue weighted by atomic mass is 19.1. The van der Waals surface area contributed by atoms with E-state index in [0.717, 1.165) is 42.7 Å². The third-order valence-corrected chi connectivity index (χ3v) is 5.89. The second-order valence-electron chi connectivity index (χ2n) is 8.15. The van der Waals surface area contributed by atoms with E-state index in [2.05, 4.69) is 4.99 Å². The first-order valence-electron chi connectivity index (χ1n) is 10.3. The molecule has 1 aromatic heterocycles. The Morgan fingerprint density at radius 3 is 2.68 bits per heavy atom. The van der Waals surface area contributed by atoms with Gasteiger partial charge < -0.3 is 10.1 Å². The van der Waals surface area contributed by atoms with Crippen LogP contribution in [0.3, 0.4) is 0 Å². The molecule has 0 aromatic carbocycles. The fourth-order valence-corrected chi connectivity index (χ4v) is 4.40. The second kappa shape index (κ2) is 9.99. The number of carbonyl (C=O) groups excluding carboxylic acids is 3. The average molecular weight is 440 g/mol. The molecular weight excluding hydrogens is 414 g/mol. The third-order valence-electron chi connectivity index (χ3n) is 5.89. The van der Waals surface area contributed by atoms with Gasteiger partial charge in [-0.15, -0.1) is 0 Å². The smallest absolute Gasteiger partial charge is 0.270 e. The van der Waals surface area contributed by atoms with Crippen molar-refractivity contribution in [1.29, 1.82) is 0 Å². The monoisotopic (exact) mass is 440 g/mol. The predicted octanol–water partition coefficient (Wildman–Crippen LogP) is 1.27. The standard InChI is InChI=1S/C20H26F2N4O5/c21-15-5-6-18(26(31)11-15)23-19(28)17-8-16(22)10-25(17)20(29)14(9-24(30)12-27)7-13-3-1-2-4-13/h5-6,11-14,16-17,30-31H,1-4,7-10H2. The molecule has 3 unspecified atom stereocenters. The number of nitrogens with zero attached hydrogens (tertiary/aromatic N) is 4. The molecule has 2 aliphatic rings. The zero-order chi connectivity index (χ0) is 22.5. The molecule has 31 heavy (non-hydrogen) atoms. The van der Waals surface area contributed by atoms with E-state index in [1.807, 2.05) is 0 Å². The number of likely N-dealkylation sites (tertiary alicyclic amines) is 1. The summed E-state index contributed by atoms with van der Waals surface area (Å²) in [5.41, 5.74) is -0.258. The highest BCUT2D eigenvalue weighted by Gasteiger charge is 2.42. The zero-order valence-corrected chi connectivity index (χ0v) is 16.9. The van der Waals surface area contributed by atoms with Crippen molar-refractivity contribution < 1.29 is 33.6 Å². The van der Waals surface area contributed by atoms with Gasteiger partial charge in [0.15, 0.2) is 5.49 Å². The van der Waals surface area contributed by atoms with Gasteiger partial charge in [-0.1, -0.05) is 25.7 Å². The van der Waals surface area contributed by atoms with Crippen LogP contribution in [0.1, 0.15) is 38.5 Å². The second-order valence-corrected chi connectivity index (χ2v) is 8.15. The molecule has 3 atom stereocenters. The Bertz CT molecular complexity index is 887. The summed E-state index contributed by atoms with van der Waals surface area (Å²) in [4.78, 5) is 41.6.